The van der Waals surface area contributed by atoms with Crippen LogP contribution in [0.2, 0.25) is 0 Å². The third-order valence-corrected chi connectivity index (χ3v) is 6.70. The van der Waals surface area contributed by atoms with Gasteiger partial charge in [0.05, 0.1) is 16.7 Å². The Morgan fingerprint density at radius 3 is 2.23 bits per heavy atom. The van der Waals surface area contributed by atoms with Gasteiger partial charge >= 0.3 is 12.3 Å². The summed E-state index contributed by atoms with van der Waals surface area (Å²) in [4.78, 5) is 30.4. The summed E-state index contributed by atoms with van der Waals surface area (Å²) in [5.74, 6) is 1.09. The van der Waals surface area contributed by atoms with E-state index in [4.69, 9.17) is 4.74 Å². The maximum Gasteiger partial charge on any atom is 0.417 e. The summed E-state index contributed by atoms with van der Waals surface area (Å²) in [6.07, 6.45) is -2.29. The van der Waals surface area contributed by atoms with E-state index in [0.717, 1.165) is 30.9 Å². The number of alkyl halides is 3. The molecular formula is C22H31F3N2O3S. The highest BCUT2D eigenvalue weighted by Gasteiger charge is 2.33. The number of hydrogen-bond donors (Lipinski definition) is 0. The van der Waals surface area contributed by atoms with Crippen molar-refractivity contribution in [2.75, 3.05) is 18.8 Å². The van der Waals surface area contributed by atoms with Crippen LogP contribution in [0.1, 0.15) is 58.7 Å². The molecule has 0 unspecified atom stereocenters. The van der Waals surface area contributed by atoms with E-state index >= 15 is 0 Å². The molecule has 2 heterocycles. The Kier molecular flexibility index (Phi) is 8.05. The second-order valence-corrected chi connectivity index (χ2v) is 11.0. The molecule has 0 bridgehead atoms. The number of amides is 1. The number of ether oxygens (including phenoxy) is 1. The number of halogens is 3. The van der Waals surface area contributed by atoms with E-state index < -0.39 is 22.1 Å². The summed E-state index contributed by atoms with van der Waals surface area (Å²) < 4.78 is 42.7. The number of thioether (sulfide) groups is 1. The molecule has 1 saturated heterocycles. The van der Waals surface area contributed by atoms with Crippen molar-refractivity contribution in [3.8, 4) is 0 Å². The zero-order valence-corrected chi connectivity index (χ0v) is 19.5. The molecule has 174 valence electrons. The molecule has 0 atom stereocenters. The van der Waals surface area contributed by atoms with Crippen LogP contribution in [0.5, 0.6) is 0 Å². The summed E-state index contributed by atoms with van der Waals surface area (Å²) in [6.45, 7) is 10.4. The van der Waals surface area contributed by atoms with Crippen LogP contribution in [0.15, 0.2) is 18.3 Å². The predicted molar refractivity (Wildman–Crippen MR) is 115 cm³/mol. The lowest BCUT2D eigenvalue weighted by Crippen LogP contribution is -2.42. The minimum atomic E-state index is -4.44. The number of rotatable bonds is 6. The Morgan fingerprint density at radius 2 is 1.74 bits per heavy atom. The van der Waals surface area contributed by atoms with Gasteiger partial charge in [0, 0.05) is 25.0 Å². The molecule has 1 amide bonds. The van der Waals surface area contributed by atoms with Gasteiger partial charge in [-0.25, -0.2) is 4.79 Å². The fourth-order valence-corrected chi connectivity index (χ4v) is 4.31. The van der Waals surface area contributed by atoms with Crippen LogP contribution in [-0.4, -0.2) is 51.0 Å². The molecule has 1 aromatic rings. The molecule has 0 saturated carbocycles. The van der Waals surface area contributed by atoms with Crippen molar-refractivity contribution < 1.29 is 27.5 Å². The maximum absolute atomic E-state index is 12.7. The van der Waals surface area contributed by atoms with Gasteiger partial charge in [-0.1, -0.05) is 0 Å². The quantitative estimate of drug-likeness (QED) is 0.571. The summed E-state index contributed by atoms with van der Waals surface area (Å²) >= 11 is 1.55. The zero-order valence-electron chi connectivity index (χ0n) is 18.7. The van der Waals surface area contributed by atoms with E-state index in [1.165, 1.54) is 6.07 Å². The van der Waals surface area contributed by atoms with Crippen molar-refractivity contribution in [1.29, 1.82) is 0 Å². The molecule has 0 aromatic carbocycles. The molecule has 0 aliphatic carbocycles. The molecule has 9 heteroatoms. The van der Waals surface area contributed by atoms with Crippen molar-refractivity contribution >= 4 is 23.6 Å². The molecule has 0 N–H and O–H groups in total. The highest BCUT2D eigenvalue weighted by atomic mass is 32.2. The predicted octanol–water partition coefficient (Wildman–Crippen LogP) is 5.37. The van der Waals surface area contributed by atoms with E-state index in [-0.39, 0.29) is 18.3 Å². The molecule has 1 aliphatic heterocycles. The number of ketones is 1. The smallest absolute Gasteiger partial charge is 0.417 e. The van der Waals surface area contributed by atoms with Crippen molar-refractivity contribution in [3.63, 3.8) is 0 Å². The maximum atomic E-state index is 12.7. The van der Waals surface area contributed by atoms with Gasteiger partial charge in [-0.2, -0.15) is 13.2 Å². The van der Waals surface area contributed by atoms with Crippen LogP contribution < -0.4 is 0 Å². The van der Waals surface area contributed by atoms with E-state index in [1.54, 1.807) is 16.7 Å². The normalized spacial score (nSPS) is 16.3. The number of Topliss-reactive ketones (excluding diaryl/α,β-unsaturated/α-hetero) is 1. The molecule has 1 aliphatic rings. The second-order valence-electron chi connectivity index (χ2n) is 9.37. The number of nitrogens with zero attached hydrogens (tertiary/aromatic N) is 2. The largest absolute Gasteiger partial charge is 0.444 e. The van der Waals surface area contributed by atoms with Crippen LogP contribution in [-0.2, 0) is 22.1 Å². The highest BCUT2D eigenvalue weighted by Crippen LogP contribution is 2.32. The van der Waals surface area contributed by atoms with Crippen LogP contribution >= 0.6 is 11.8 Å². The number of carbonyl (C=O) groups excluding carboxylic acids is 2. The lowest BCUT2D eigenvalue weighted by molar-refractivity contribution is -0.137. The Bertz CT molecular complexity index is 766. The molecule has 0 spiro atoms. The van der Waals surface area contributed by atoms with Gasteiger partial charge < -0.3 is 9.64 Å². The van der Waals surface area contributed by atoms with Crippen LogP contribution in [0, 0.1) is 5.92 Å². The van der Waals surface area contributed by atoms with Crippen molar-refractivity contribution in [1.82, 2.24) is 9.88 Å². The first kappa shape index (κ1) is 25.5. The van der Waals surface area contributed by atoms with Gasteiger partial charge in [0.1, 0.15) is 5.60 Å². The first-order valence-corrected chi connectivity index (χ1v) is 11.3. The Balaban J connectivity index is 1.81. The molecule has 5 nitrogen and oxygen atoms in total. The van der Waals surface area contributed by atoms with E-state index in [2.05, 4.69) is 4.98 Å². The molecule has 1 fully saturated rings. The van der Waals surface area contributed by atoms with Gasteiger partial charge in [0.15, 0.2) is 5.78 Å². The fraction of sp³-hybridized carbons (Fsp3) is 0.682. The minimum Gasteiger partial charge on any atom is -0.444 e. The zero-order chi connectivity index (χ0) is 23.4. The Labute approximate surface area is 186 Å². The van der Waals surface area contributed by atoms with Crippen LogP contribution in [0.25, 0.3) is 0 Å². The number of aromatic nitrogens is 1. The molecule has 0 radical (unpaired) electrons. The van der Waals surface area contributed by atoms with Crippen molar-refractivity contribution in [3.05, 3.63) is 29.6 Å². The number of pyridine rings is 1. The van der Waals surface area contributed by atoms with Gasteiger partial charge in [0.2, 0.25) is 0 Å². The van der Waals surface area contributed by atoms with Gasteiger partial charge in [-0.05, 0) is 71.3 Å². The van der Waals surface area contributed by atoms with Crippen LogP contribution in [0.4, 0.5) is 18.0 Å². The monoisotopic (exact) mass is 460 g/mol. The topological polar surface area (TPSA) is 59.5 Å². The minimum absolute atomic E-state index is 0.00474. The van der Waals surface area contributed by atoms with E-state index in [9.17, 15) is 22.8 Å². The van der Waals surface area contributed by atoms with Gasteiger partial charge in [-0.3, -0.25) is 9.78 Å². The number of piperidine rings is 1. The first-order valence-electron chi connectivity index (χ1n) is 10.3. The highest BCUT2D eigenvalue weighted by molar-refractivity contribution is 8.01. The average molecular weight is 461 g/mol. The third kappa shape index (κ3) is 8.01. The molecule has 31 heavy (non-hydrogen) atoms. The van der Waals surface area contributed by atoms with E-state index in [1.807, 2.05) is 34.6 Å². The van der Waals surface area contributed by atoms with Crippen LogP contribution in [0.3, 0.4) is 0 Å². The van der Waals surface area contributed by atoms with Gasteiger partial charge in [-0.15, -0.1) is 11.8 Å². The number of likely N-dealkylation sites (tertiary alicyclic amines) is 1. The van der Waals surface area contributed by atoms with Gasteiger partial charge in [0.25, 0.3) is 0 Å². The summed E-state index contributed by atoms with van der Waals surface area (Å²) in [6, 6.07) is 2.21. The molecule has 1 aromatic heterocycles. The lowest BCUT2D eigenvalue weighted by atomic mass is 9.99. The standard InChI is InChI=1S/C22H31F3N2O3S/c1-20(2,3)30-19(29)27-10-8-15(9-11-27)14-31-21(4,5)18(28)12-17-7-6-16(13-26-17)22(23,24)25/h6-7,13,15H,8-12,14H2,1-5H3. The first-order chi connectivity index (χ1) is 14.2. The summed E-state index contributed by atoms with van der Waals surface area (Å²) in [5.41, 5.74) is -1.01. The molecular weight excluding hydrogens is 429 g/mol. The fourth-order valence-electron chi connectivity index (χ4n) is 3.09. The number of hydrogen-bond acceptors (Lipinski definition) is 5. The summed E-state index contributed by atoms with van der Waals surface area (Å²) in [7, 11) is 0. The summed E-state index contributed by atoms with van der Waals surface area (Å²) in [5, 5.41) is 0. The number of carbonyl (C=O) groups is 2. The van der Waals surface area contributed by atoms with E-state index in [0.29, 0.717) is 24.7 Å². The van der Waals surface area contributed by atoms with Crippen molar-refractivity contribution in [2.24, 2.45) is 5.92 Å². The SMILES string of the molecule is CC(C)(C)OC(=O)N1CCC(CSC(C)(C)C(=O)Cc2ccc(C(F)(F)F)cn2)CC1. The Morgan fingerprint density at radius 1 is 1.13 bits per heavy atom. The van der Waals surface area contributed by atoms with Crippen molar-refractivity contribution in [2.45, 2.75) is 70.4 Å². The third-order valence-electron chi connectivity index (χ3n) is 5.11. The second kappa shape index (κ2) is 9.79. The molecule has 2 rings (SSSR count). The Hall–Kier alpha value is -1.77. The average Bonchev–Trinajstić information content (AvgIpc) is 2.65. The lowest BCUT2D eigenvalue weighted by Gasteiger charge is -2.34.